The fraction of sp³-hybridized carbons (Fsp3) is 0.963. The third-order valence-electron chi connectivity index (χ3n) is 5.44. The smallest absolute Gasteiger partial charge is 0.434 e. The molecule has 0 aliphatic heterocycles. The van der Waals surface area contributed by atoms with E-state index in [-0.39, 0.29) is 48.1 Å². The molecule has 4 atom stereocenters. The van der Waals surface area contributed by atoms with Gasteiger partial charge in [0.15, 0.2) is 0 Å². The van der Waals surface area contributed by atoms with Crippen molar-refractivity contribution in [3.8, 4) is 0 Å². The summed E-state index contributed by atoms with van der Waals surface area (Å²) in [6.07, 6.45) is 4.92. The standard InChI is InChI=1S/C27H54O7/c1-11-13-15-23(21(3)33-31-19-26(5,6)7)17-29-25(28)30-18-24(16-14-12-2)22(4)34-32-20-27(8,9)10/h21-24H,11-20H2,1-10H3. The average molecular weight is 491 g/mol. The number of hydrogen-bond donors (Lipinski definition) is 0. The molecule has 34 heavy (non-hydrogen) atoms. The van der Waals surface area contributed by atoms with Gasteiger partial charge in [0.05, 0.1) is 25.4 Å². The lowest BCUT2D eigenvalue weighted by atomic mass is 9.98. The zero-order valence-electron chi connectivity index (χ0n) is 23.7. The Kier molecular flexibility index (Phi) is 17.1. The minimum Gasteiger partial charge on any atom is -0.434 e. The summed E-state index contributed by atoms with van der Waals surface area (Å²) in [5.41, 5.74) is 0.0395. The van der Waals surface area contributed by atoms with Gasteiger partial charge >= 0.3 is 6.16 Å². The van der Waals surface area contributed by atoms with Crippen LogP contribution in [0.5, 0.6) is 0 Å². The molecule has 0 spiro atoms. The summed E-state index contributed by atoms with van der Waals surface area (Å²) < 4.78 is 10.9. The minimum atomic E-state index is -0.659. The van der Waals surface area contributed by atoms with Crippen molar-refractivity contribution in [1.29, 1.82) is 0 Å². The van der Waals surface area contributed by atoms with Crippen LogP contribution in [-0.2, 0) is 29.0 Å². The third kappa shape index (κ3) is 18.4. The first-order valence-corrected chi connectivity index (χ1v) is 13.1. The van der Waals surface area contributed by atoms with Crippen molar-refractivity contribution in [2.45, 2.75) is 120 Å². The lowest BCUT2D eigenvalue weighted by molar-refractivity contribution is -0.342. The monoisotopic (exact) mass is 490 g/mol. The van der Waals surface area contributed by atoms with Gasteiger partial charge in [-0.05, 0) is 37.5 Å². The fourth-order valence-electron chi connectivity index (χ4n) is 3.02. The van der Waals surface area contributed by atoms with Crippen LogP contribution in [0.3, 0.4) is 0 Å². The van der Waals surface area contributed by atoms with E-state index in [1.165, 1.54) is 0 Å². The summed E-state index contributed by atoms with van der Waals surface area (Å²) in [6.45, 7) is 22.2. The lowest BCUT2D eigenvalue weighted by Gasteiger charge is -2.26. The van der Waals surface area contributed by atoms with E-state index in [9.17, 15) is 4.79 Å². The van der Waals surface area contributed by atoms with Gasteiger partial charge in [-0.3, -0.25) is 0 Å². The van der Waals surface area contributed by atoms with E-state index in [0.29, 0.717) is 13.2 Å². The maximum absolute atomic E-state index is 12.3. The number of rotatable bonds is 18. The second-order valence-corrected chi connectivity index (χ2v) is 11.9. The number of unbranched alkanes of at least 4 members (excludes halogenated alkanes) is 2. The number of carbonyl (C=O) groups is 1. The Morgan fingerprint density at radius 1 is 0.676 bits per heavy atom. The molecule has 0 saturated heterocycles. The Balaban J connectivity index is 4.64. The lowest BCUT2D eigenvalue weighted by Crippen LogP contribution is -2.30. The van der Waals surface area contributed by atoms with Gasteiger partial charge in [0.25, 0.3) is 0 Å². The molecule has 204 valence electrons. The van der Waals surface area contributed by atoms with Crippen LogP contribution in [0.25, 0.3) is 0 Å². The maximum Gasteiger partial charge on any atom is 0.508 e. The topological polar surface area (TPSA) is 72.5 Å². The highest BCUT2D eigenvalue weighted by molar-refractivity contribution is 5.59. The zero-order chi connectivity index (χ0) is 26.2. The third-order valence-corrected chi connectivity index (χ3v) is 5.44. The molecule has 0 fully saturated rings. The van der Waals surface area contributed by atoms with Crippen LogP contribution in [0.4, 0.5) is 4.79 Å². The molecule has 0 bridgehead atoms. The van der Waals surface area contributed by atoms with E-state index in [0.717, 1.165) is 38.5 Å². The van der Waals surface area contributed by atoms with E-state index in [1.807, 2.05) is 13.8 Å². The highest BCUT2D eigenvalue weighted by atomic mass is 17.2. The summed E-state index contributed by atoms with van der Waals surface area (Å²) in [7, 11) is 0. The van der Waals surface area contributed by atoms with E-state index < -0.39 is 6.16 Å². The van der Waals surface area contributed by atoms with E-state index in [1.54, 1.807) is 0 Å². The fourth-order valence-corrected chi connectivity index (χ4v) is 3.02. The van der Waals surface area contributed by atoms with E-state index in [2.05, 4.69) is 55.4 Å². The summed E-state index contributed by atoms with van der Waals surface area (Å²) in [5.74, 6) is 0.0767. The average Bonchev–Trinajstić information content (AvgIpc) is 2.71. The Bertz CT molecular complexity index is 466. The molecule has 0 aliphatic rings. The molecular weight excluding hydrogens is 436 g/mol. The quantitative estimate of drug-likeness (QED) is 0.112. The summed E-state index contributed by atoms with van der Waals surface area (Å²) in [4.78, 5) is 34.4. The molecule has 7 heteroatoms. The normalized spacial score (nSPS) is 16.1. The molecule has 0 amide bonds. The molecule has 0 N–H and O–H groups in total. The molecule has 4 unspecified atom stereocenters. The largest absolute Gasteiger partial charge is 0.508 e. The van der Waals surface area contributed by atoms with Crippen molar-refractivity contribution < 1.29 is 33.8 Å². The molecule has 0 rings (SSSR count). The van der Waals surface area contributed by atoms with E-state index >= 15 is 0 Å². The molecule has 0 aromatic carbocycles. The van der Waals surface area contributed by atoms with Gasteiger partial charge in [-0.25, -0.2) is 24.3 Å². The zero-order valence-corrected chi connectivity index (χ0v) is 23.7. The van der Waals surface area contributed by atoms with Crippen LogP contribution in [-0.4, -0.2) is 44.8 Å². The van der Waals surface area contributed by atoms with Crippen molar-refractivity contribution in [1.82, 2.24) is 0 Å². The van der Waals surface area contributed by atoms with Crippen molar-refractivity contribution in [3.63, 3.8) is 0 Å². The van der Waals surface area contributed by atoms with Crippen molar-refractivity contribution in [2.75, 3.05) is 26.4 Å². The Hall–Kier alpha value is -0.890. The second-order valence-electron chi connectivity index (χ2n) is 11.9. The van der Waals surface area contributed by atoms with Gasteiger partial charge in [0.2, 0.25) is 0 Å². The van der Waals surface area contributed by atoms with Crippen LogP contribution < -0.4 is 0 Å². The van der Waals surface area contributed by atoms with Crippen molar-refractivity contribution in [3.05, 3.63) is 0 Å². The predicted molar refractivity (Wildman–Crippen MR) is 135 cm³/mol. The van der Waals surface area contributed by atoms with Gasteiger partial charge in [-0.2, -0.15) is 0 Å². The molecule has 7 nitrogen and oxygen atoms in total. The van der Waals surface area contributed by atoms with Gasteiger partial charge < -0.3 is 9.47 Å². The van der Waals surface area contributed by atoms with Gasteiger partial charge in [0, 0.05) is 11.8 Å². The molecular formula is C27H54O7. The highest BCUT2D eigenvalue weighted by Gasteiger charge is 2.25. The van der Waals surface area contributed by atoms with Gasteiger partial charge in [-0.1, -0.05) is 81.1 Å². The summed E-state index contributed by atoms with van der Waals surface area (Å²) in [6, 6.07) is 0. The van der Waals surface area contributed by atoms with Crippen molar-refractivity contribution in [2.24, 2.45) is 22.7 Å². The number of carbonyl (C=O) groups excluding carboxylic acids is 1. The molecule has 0 aromatic heterocycles. The molecule has 0 aliphatic carbocycles. The molecule has 0 heterocycles. The molecule has 0 aromatic rings. The number of hydrogen-bond acceptors (Lipinski definition) is 7. The van der Waals surface area contributed by atoms with Crippen molar-refractivity contribution >= 4 is 6.16 Å². The summed E-state index contributed by atoms with van der Waals surface area (Å²) >= 11 is 0. The van der Waals surface area contributed by atoms with Crippen LogP contribution in [0, 0.1) is 22.7 Å². The number of ether oxygens (including phenoxy) is 2. The minimum absolute atomic E-state index is 0.0197. The Morgan fingerprint density at radius 2 is 1.03 bits per heavy atom. The molecule has 0 radical (unpaired) electrons. The first-order chi connectivity index (χ1) is 15.8. The Morgan fingerprint density at radius 3 is 1.32 bits per heavy atom. The van der Waals surface area contributed by atoms with Gasteiger partial charge in [-0.15, -0.1) is 0 Å². The van der Waals surface area contributed by atoms with Crippen LogP contribution in [0.15, 0.2) is 0 Å². The van der Waals surface area contributed by atoms with Crippen LogP contribution in [0.1, 0.15) is 108 Å². The second kappa shape index (κ2) is 17.5. The van der Waals surface area contributed by atoms with E-state index in [4.69, 9.17) is 29.0 Å². The summed E-state index contributed by atoms with van der Waals surface area (Å²) in [5, 5.41) is 0. The first-order valence-electron chi connectivity index (χ1n) is 13.1. The highest BCUT2D eigenvalue weighted by Crippen LogP contribution is 2.21. The van der Waals surface area contributed by atoms with Crippen LogP contribution in [0.2, 0.25) is 0 Å². The maximum atomic E-state index is 12.3. The predicted octanol–water partition coefficient (Wildman–Crippen LogP) is 7.52. The first kappa shape index (κ1) is 33.1. The SMILES string of the molecule is CCCCC(COC(=O)OCC(CCCC)C(C)OOCC(C)(C)C)C(C)OOCC(C)(C)C. The Labute approximate surface area is 209 Å². The molecule has 0 saturated carbocycles. The van der Waals surface area contributed by atoms with Gasteiger partial charge in [0.1, 0.15) is 13.2 Å². The van der Waals surface area contributed by atoms with Crippen LogP contribution >= 0.6 is 0 Å².